The highest BCUT2D eigenvalue weighted by Crippen LogP contribution is 2.31. The lowest BCUT2D eigenvalue weighted by molar-refractivity contribution is 0.624. The number of rotatable bonds is 4. The molecule has 1 nitrogen and oxygen atoms in total. The predicted octanol–water partition coefficient (Wildman–Crippen LogP) is 5.38. The van der Waals surface area contributed by atoms with Gasteiger partial charge in [0.2, 0.25) is 0 Å². The summed E-state index contributed by atoms with van der Waals surface area (Å²) in [5, 5.41) is 3.65. The van der Waals surface area contributed by atoms with Gasteiger partial charge >= 0.3 is 0 Å². The molecule has 1 atom stereocenters. The van der Waals surface area contributed by atoms with Crippen molar-refractivity contribution in [2.45, 2.75) is 40.7 Å². The van der Waals surface area contributed by atoms with Gasteiger partial charge in [-0.2, -0.15) is 0 Å². The molecule has 0 radical (unpaired) electrons. The van der Waals surface area contributed by atoms with Crippen LogP contribution in [-0.4, -0.2) is 6.54 Å². The Morgan fingerprint density at radius 2 is 1.62 bits per heavy atom. The number of aryl methyl sites for hydroxylation is 3. The molecule has 0 heterocycles. The van der Waals surface area contributed by atoms with Crippen LogP contribution < -0.4 is 5.32 Å². The maximum absolute atomic E-state index is 3.65. The zero-order valence-electron chi connectivity index (χ0n) is 13.5. The monoisotopic (exact) mass is 345 g/mol. The zero-order chi connectivity index (χ0) is 15.6. The second kappa shape index (κ2) is 6.76. The molecule has 0 aromatic heterocycles. The van der Waals surface area contributed by atoms with Crippen LogP contribution in [0.4, 0.5) is 0 Å². The van der Waals surface area contributed by atoms with E-state index >= 15 is 0 Å². The van der Waals surface area contributed by atoms with E-state index < -0.39 is 0 Å². The van der Waals surface area contributed by atoms with Gasteiger partial charge in [-0.05, 0) is 73.7 Å². The first-order valence-electron chi connectivity index (χ1n) is 7.51. The summed E-state index contributed by atoms with van der Waals surface area (Å²) in [6, 6.07) is 11.3. The van der Waals surface area contributed by atoms with Crippen molar-refractivity contribution in [1.29, 1.82) is 0 Å². The van der Waals surface area contributed by atoms with Crippen molar-refractivity contribution in [2.75, 3.05) is 6.54 Å². The Morgan fingerprint density at radius 1 is 0.952 bits per heavy atom. The minimum atomic E-state index is 0.242. The first-order chi connectivity index (χ1) is 9.95. The molecule has 1 N–H and O–H groups in total. The minimum absolute atomic E-state index is 0.242. The second-order valence-electron chi connectivity index (χ2n) is 5.74. The van der Waals surface area contributed by atoms with Crippen LogP contribution in [0.3, 0.4) is 0 Å². The first kappa shape index (κ1) is 16.3. The molecular formula is C19H24BrN. The van der Waals surface area contributed by atoms with Crippen LogP contribution in [-0.2, 0) is 0 Å². The fourth-order valence-electron chi connectivity index (χ4n) is 2.82. The van der Waals surface area contributed by atoms with Crippen molar-refractivity contribution in [1.82, 2.24) is 5.32 Å². The Morgan fingerprint density at radius 3 is 2.29 bits per heavy atom. The third kappa shape index (κ3) is 3.38. The summed E-state index contributed by atoms with van der Waals surface area (Å²) in [6.45, 7) is 11.9. The minimum Gasteiger partial charge on any atom is -0.307 e. The summed E-state index contributed by atoms with van der Waals surface area (Å²) in [7, 11) is 0. The van der Waals surface area contributed by atoms with Gasteiger partial charge in [-0.25, -0.2) is 0 Å². The molecular weight excluding hydrogens is 322 g/mol. The van der Waals surface area contributed by atoms with Gasteiger partial charge in [-0.15, -0.1) is 0 Å². The van der Waals surface area contributed by atoms with E-state index in [1.807, 2.05) is 0 Å². The summed E-state index contributed by atoms with van der Waals surface area (Å²) in [4.78, 5) is 0. The summed E-state index contributed by atoms with van der Waals surface area (Å²) in [5.74, 6) is 0. The van der Waals surface area contributed by atoms with Gasteiger partial charge in [0.05, 0.1) is 6.04 Å². The van der Waals surface area contributed by atoms with Crippen LogP contribution in [0.15, 0.2) is 34.8 Å². The van der Waals surface area contributed by atoms with Crippen LogP contribution in [0.2, 0.25) is 0 Å². The SMILES string of the molecule is CCNC(c1cc(C)c(C)cc1C)c1cccc(Br)c1C. The van der Waals surface area contributed by atoms with Crippen molar-refractivity contribution in [2.24, 2.45) is 0 Å². The molecule has 0 bridgehead atoms. The molecule has 0 amide bonds. The fourth-order valence-corrected chi connectivity index (χ4v) is 3.20. The molecule has 112 valence electrons. The van der Waals surface area contributed by atoms with E-state index in [9.17, 15) is 0 Å². The van der Waals surface area contributed by atoms with E-state index in [1.54, 1.807) is 0 Å². The van der Waals surface area contributed by atoms with E-state index in [4.69, 9.17) is 0 Å². The highest BCUT2D eigenvalue weighted by Gasteiger charge is 2.18. The maximum Gasteiger partial charge on any atom is 0.0582 e. The third-order valence-electron chi connectivity index (χ3n) is 4.22. The van der Waals surface area contributed by atoms with Gasteiger partial charge in [-0.1, -0.05) is 47.1 Å². The molecule has 0 fully saturated rings. The third-order valence-corrected chi connectivity index (χ3v) is 5.08. The number of nitrogens with one attached hydrogen (secondary N) is 1. The smallest absolute Gasteiger partial charge is 0.0582 e. The Balaban J connectivity index is 2.59. The predicted molar refractivity (Wildman–Crippen MR) is 95.1 cm³/mol. The lowest BCUT2D eigenvalue weighted by Gasteiger charge is -2.24. The molecule has 0 aliphatic heterocycles. The van der Waals surface area contributed by atoms with Crippen molar-refractivity contribution in [3.63, 3.8) is 0 Å². The quantitative estimate of drug-likeness (QED) is 0.783. The maximum atomic E-state index is 3.65. The molecule has 0 spiro atoms. The van der Waals surface area contributed by atoms with Gasteiger partial charge < -0.3 is 5.32 Å². The van der Waals surface area contributed by atoms with Gasteiger partial charge in [0, 0.05) is 4.47 Å². The summed E-state index contributed by atoms with van der Waals surface area (Å²) < 4.78 is 1.17. The first-order valence-corrected chi connectivity index (χ1v) is 8.31. The molecule has 21 heavy (non-hydrogen) atoms. The van der Waals surface area contributed by atoms with Gasteiger partial charge in [0.15, 0.2) is 0 Å². The molecule has 2 rings (SSSR count). The number of halogens is 1. The van der Waals surface area contributed by atoms with Gasteiger partial charge in [0.1, 0.15) is 0 Å². The van der Waals surface area contributed by atoms with Crippen LogP contribution >= 0.6 is 15.9 Å². The topological polar surface area (TPSA) is 12.0 Å². The molecule has 2 heteroatoms. The lowest BCUT2D eigenvalue weighted by Crippen LogP contribution is -2.24. The van der Waals surface area contributed by atoms with E-state index in [0.717, 1.165) is 6.54 Å². The van der Waals surface area contributed by atoms with Crippen molar-refractivity contribution in [3.05, 3.63) is 68.2 Å². The average Bonchev–Trinajstić information content (AvgIpc) is 2.44. The van der Waals surface area contributed by atoms with E-state index in [0.29, 0.717) is 0 Å². The lowest BCUT2D eigenvalue weighted by atomic mass is 9.89. The molecule has 2 aromatic rings. The summed E-state index contributed by atoms with van der Waals surface area (Å²) in [6.07, 6.45) is 0. The Hall–Kier alpha value is -1.12. The number of benzene rings is 2. The fraction of sp³-hybridized carbons (Fsp3) is 0.368. The highest BCUT2D eigenvalue weighted by molar-refractivity contribution is 9.10. The van der Waals surface area contributed by atoms with Crippen LogP contribution in [0, 0.1) is 27.7 Å². The van der Waals surface area contributed by atoms with E-state index in [1.165, 1.54) is 37.9 Å². The standard InChI is InChI=1S/C19H24BrN/c1-6-21-19(16-8-7-9-18(20)15(16)5)17-11-13(3)12(2)10-14(17)4/h7-11,19,21H,6H2,1-5H3. The normalized spacial score (nSPS) is 12.5. The number of hydrogen-bond donors (Lipinski definition) is 1. The average molecular weight is 346 g/mol. The van der Waals surface area contributed by atoms with E-state index in [2.05, 4.69) is 86.2 Å². The molecule has 0 saturated heterocycles. The largest absolute Gasteiger partial charge is 0.307 e. The Bertz CT molecular complexity index is 646. The molecule has 2 aromatic carbocycles. The Kier molecular flexibility index (Phi) is 5.23. The molecule has 0 saturated carbocycles. The second-order valence-corrected chi connectivity index (χ2v) is 6.59. The zero-order valence-corrected chi connectivity index (χ0v) is 15.1. The van der Waals surface area contributed by atoms with Crippen LogP contribution in [0.1, 0.15) is 46.3 Å². The van der Waals surface area contributed by atoms with Gasteiger partial charge in [-0.3, -0.25) is 0 Å². The van der Waals surface area contributed by atoms with Crippen LogP contribution in [0.5, 0.6) is 0 Å². The Labute approximate surface area is 136 Å². The summed E-state index contributed by atoms with van der Waals surface area (Å²) in [5.41, 5.74) is 8.09. The molecule has 0 aliphatic carbocycles. The van der Waals surface area contributed by atoms with Crippen LogP contribution in [0.25, 0.3) is 0 Å². The summed E-state index contributed by atoms with van der Waals surface area (Å²) >= 11 is 3.65. The van der Waals surface area contributed by atoms with Crippen molar-refractivity contribution in [3.8, 4) is 0 Å². The highest BCUT2D eigenvalue weighted by atomic mass is 79.9. The van der Waals surface area contributed by atoms with Crippen molar-refractivity contribution >= 4 is 15.9 Å². The number of hydrogen-bond acceptors (Lipinski definition) is 1. The molecule has 1 unspecified atom stereocenters. The van der Waals surface area contributed by atoms with Crippen molar-refractivity contribution < 1.29 is 0 Å². The molecule has 0 aliphatic rings. The van der Waals surface area contributed by atoms with E-state index in [-0.39, 0.29) is 6.04 Å². The van der Waals surface area contributed by atoms with Gasteiger partial charge in [0.25, 0.3) is 0 Å².